The third-order valence-corrected chi connectivity index (χ3v) is 1.39. The lowest BCUT2D eigenvalue weighted by atomic mass is 10.2. The Kier molecular flexibility index (Phi) is 6.96. The summed E-state index contributed by atoms with van der Waals surface area (Å²) in [6, 6.07) is 9.04. The summed E-state index contributed by atoms with van der Waals surface area (Å²) in [5.74, 6) is 0. The van der Waals surface area contributed by atoms with Gasteiger partial charge in [-0.05, 0) is 6.92 Å². The van der Waals surface area contributed by atoms with Gasteiger partial charge in [-0.3, -0.25) is 0 Å². The maximum Gasteiger partial charge on any atom is 0.175 e. The summed E-state index contributed by atoms with van der Waals surface area (Å²) >= 11 is 5.49. The van der Waals surface area contributed by atoms with E-state index in [-0.39, 0.29) is 11.8 Å². The van der Waals surface area contributed by atoms with Crippen molar-refractivity contribution in [2.75, 3.05) is 6.61 Å². The van der Waals surface area contributed by atoms with E-state index >= 15 is 0 Å². The van der Waals surface area contributed by atoms with E-state index in [1.54, 1.807) is 19.1 Å². The second-order valence-corrected chi connectivity index (χ2v) is 2.43. The van der Waals surface area contributed by atoms with Crippen LogP contribution >= 0.6 is 11.6 Å². The van der Waals surface area contributed by atoms with E-state index in [4.69, 9.17) is 21.9 Å². The van der Waals surface area contributed by atoms with Crippen molar-refractivity contribution in [1.29, 1.82) is 0 Å². The minimum atomic E-state index is 0.112. The number of hydrogen-bond acceptors (Lipinski definition) is 3. The topological polar surface area (TPSA) is 52.8 Å². The van der Waals surface area contributed by atoms with Crippen LogP contribution in [-0.4, -0.2) is 22.1 Å². The number of rotatable bonds is 1. The lowest BCUT2D eigenvalue weighted by Gasteiger charge is -1.91. The summed E-state index contributed by atoms with van der Waals surface area (Å²) in [6.07, 6.45) is 0. The van der Waals surface area contributed by atoms with Gasteiger partial charge in [0.2, 0.25) is 0 Å². The first-order valence-electron chi connectivity index (χ1n) is 3.80. The van der Waals surface area contributed by atoms with Crippen LogP contribution in [-0.2, 0) is 0 Å². The molecule has 3 nitrogen and oxygen atoms in total. The monoisotopic (exact) mass is 201 g/mol. The van der Waals surface area contributed by atoms with E-state index in [1.165, 1.54) is 0 Å². The molecule has 1 rings (SSSR count). The smallest absolute Gasteiger partial charge is 0.175 e. The Balaban J connectivity index is 0.000000424. The van der Waals surface area contributed by atoms with Crippen LogP contribution in [0.25, 0.3) is 0 Å². The Morgan fingerprint density at radius 1 is 1.38 bits per heavy atom. The fraction of sp³-hybridized carbons (Fsp3) is 0.222. The molecule has 0 saturated carbocycles. The van der Waals surface area contributed by atoms with Gasteiger partial charge in [-0.25, -0.2) is 0 Å². The van der Waals surface area contributed by atoms with Gasteiger partial charge < -0.3 is 10.3 Å². The number of halogens is 1. The van der Waals surface area contributed by atoms with Crippen LogP contribution in [0, 0.1) is 0 Å². The summed E-state index contributed by atoms with van der Waals surface area (Å²) in [6.45, 7) is 1.93. The molecule has 0 aliphatic carbocycles. The Morgan fingerprint density at radius 2 is 1.85 bits per heavy atom. The second-order valence-electron chi connectivity index (χ2n) is 2.07. The van der Waals surface area contributed by atoms with Crippen molar-refractivity contribution in [1.82, 2.24) is 0 Å². The average Bonchev–Trinajstić information content (AvgIpc) is 2.19. The Bertz CT molecular complexity index is 249. The molecule has 0 aromatic heterocycles. The van der Waals surface area contributed by atoms with Crippen LogP contribution in [0.4, 0.5) is 0 Å². The molecule has 0 spiro atoms. The Morgan fingerprint density at radius 3 is 2.23 bits per heavy atom. The van der Waals surface area contributed by atoms with Crippen LogP contribution in [0.3, 0.4) is 0 Å². The van der Waals surface area contributed by atoms with Crippen LogP contribution in [0.15, 0.2) is 35.5 Å². The van der Waals surface area contributed by atoms with Gasteiger partial charge in [0.05, 0.1) is 0 Å². The van der Waals surface area contributed by atoms with Gasteiger partial charge in [0, 0.05) is 12.2 Å². The number of benzene rings is 1. The molecule has 1 aromatic carbocycles. The molecule has 0 aliphatic heterocycles. The molecular formula is C9H12ClNO2. The minimum absolute atomic E-state index is 0.112. The lowest BCUT2D eigenvalue weighted by Crippen LogP contribution is -1.88. The van der Waals surface area contributed by atoms with Gasteiger partial charge in [-0.15, -0.1) is 0 Å². The highest BCUT2D eigenvalue weighted by molar-refractivity contribution is 6.69. The highest BCUT2D eigenvalue weighted by Crippen LogP contribution is 2.02. The third kappa shape index (κ3) is 5.22. The second kappa shape index (κ2) is 7.58. The number of oxime groups is 1. The van der Waals surface area contributed by atoms with E-state index in [2.05, 4.69) is 5.16 Å². The van der Waals surface area contributed by atoms with Crippen molar-refractivity contribution in [3.8, 4) is 0 Å². The van der Waals surface area contributed by atoms with Crippen LogP contribution in [0.1, 0.15) is 12.5 Å². The quantitative estimate of drug-likeness (QED) is 0.415. The standard InChI is InChI=1S/C7H6ClNO.C2H6O/c8-7(9-10)6-4-2-1-3-5-6;1-2-3/h1-5,10H;3H,2H2,1H3. The number of aliphatic hydroxyl groups is 1. The van der Waals surface area contributed by atoms with Gasteiger partial charge in [-0.2, -0.15) is 0 Å². The SMILES string of the molecule is CCO.ON=C(Cl)c1ccccc1. The Labute approximate surface area is 82.3 Å². The van der Waals surface area contributed by atoms with Crippen molar-refractivity contribution < 1.29 is 10.3 Å². The molecule has 0 amide bonds. The average molecular weight is 202 g/mol. The van der Waals surface area contributed by atoms with E-state index in [0.29, 0.717) is 5.56 Å². The maximum absolute atomic E-state index is 8.24. The third-order valence-electron chi connectivity index (χ3n) is 1.10. The van der Waals surface area contributed by atoms with E-state index < -0.39 is 0 Å². The van der Waals surface area contributed by atoms with Crippen molar-refractivity contribution in [2.24, 2.45) is 5.16 Å². The van der Waals surface area contributed by atoms with E-state index in [1.807, 2.05) is 18.2 Å². The molecule has 0 heterocycles. The zero-order chi connectivity index (χ0) is 10.1. The number of aliphatic hydroxyl groups excluding tert-OH is 1. The van der Waals surface area contributed by atoms with Crippen molar-refractivity contribution in [3.63, 3.8) is 0 Å². The maximum atomic E-state index is 8.24. The first-order valence-corrected chi connectivity index (χ1v) is 4.17. The molecule has 2 N–H and O–H groups in total. The summed E-state index contributed by atoms with van der Waals surface area (Å²) < 4.78 is 0. The predicted molar refractivity (Wildman–Crippen MR) is 53.4 cm³/mol. The molecule has 0 bridgehead atoms. The van der Waals surface area contributed by atoms with Gasteiger partial charge in [-0.1, -0.05) is 47.1 Å². The van der Waals surface area contributed by atoms with Crippen molar-refractivity contribution >= 4 is 16.8 Å². The van der Waals surface area contributed by atoms with Crippen molar-refractivity contribution in [3.05, 3.63) is 35.9 Å². The fourth-order valence-corrected chi connectivity index (χ4v) is 0.759. The van der Waals surface area contributed by atoms with Crippen LogP contribution in [0.5, 0.6) is 0 Å². The van der Waals surface area contributed by atoms with Crippen LogP contribution < -0.4 is 0 Å². The number of hydrogen-bond donors (Lipinski definition) is 2. The molecule has 4 heteroatoms. The summed E-state index contributed by atoms with van der Waals surface area (Å²) in [5.41, 5.74) is 0.715. The van der Waals surface area contributed by atoms with Gasteiger partial charge in [0.15, 0.2) is 5.17 Å². The molecule has 13 heavy (non-hydrogen) atoms. The highest BCUT2D eigenvalue weighted by atomic mass is 35.5. The van der Waals surface area contributed by atoms with Gasteiger partial charge in [0.1, 0.15) is 0 Å². The summed E-state index contributed by atoms with van der Waals surface area (Å²) in [5, 5.41) is 18.8. The van der Waals surface area contributed by atoms with E-state index in [9.17, 15) is 0 Å². The fourth-order valence-electron chi connectivity index (χ4n) is 0.633. The van der Waals surface area contributed by atoms with E-state index in [0.717, 1.165) is 0 Å². The lowest BCUT2D eigenvalue weighted by molar-refractivity contribution is 0.318. The molecule has 1 aromatic rings. The molecule has 0 saturated heterocycles. The van der Waals surface area contributed by atoms with Crippen LogP contribution in [0.2, 0.25) is 0 Å². The summed E-state index contributed by atoms with van der Waals surface area (Å²) in [4.78, 5) is 0. The molecule has 0 radical (unpaired) electrons. The highest BCUT2D eigenvalue weighted by Gasteiger charge is 1.95. The zero-order valence-corrected chi connectivity index (χ0v) is 8.07. The molecule has 72 valence electrons. The van der Waals surface area contributed by atoms with Gasteiger partial charge >= 0.3 is 0 Å². The first-order chi connectivity index (χ1) is 6.26. The zero-order valence-electron chi connectivity index (χ0n) is 7.31. The molecule has 0 fully saturated rings. The molecular weight excluding hydrogens is 190 g/mol. The first kappa shape index (κ1) is 11.9. The number of nitrogens with zero attached hydrogens (tertiary/aromatic N) is 1. The molecule has 0 atom stereocenters. The predicted octanol–water partition coefficient (Wildman–Crippen LogP) is 2.06. The normalized spacial score (nSPS) is 10.2. The summed E-state index contributed by atoms with van der Waals surface area (Å²) in [7, 11) is 0. The van der Waals surface area contributed by atoms with Crippen molar-refractivity contribution in [2.45, 2.75) is 6.92 Å². The molecule has 0 aliphatic rings. The largest absolute Gasteiger partial charge is 0.410 e. The Hall–Kier alpha value is -1.06. The molecule has 0 unspecified atom stereocenters. The minimum Gasteiger partial charge on any atom is -0.410 e. The van der Waals surface area contributed by atoms with Gasteiger partial charge in [0.25, 0.3) is 0 Å².